The Kier molecular flexibility index (Phi) is 4.40. The van der Waals surface area contributed by atoms with Crippen molar-refractivity contribution in [2.45, 2.75) is 25.9 Å². The highest BCUT2D eigenvalue weighted by Crippen LogP contribution is 2.23. The van der Waals surface area contributed by atoms with Gasteiger partial charge in [0.15, 0.2) is 5.69 Å². The van der Waals surface area contributed by atoms with Gasteiger partial charge in [-0.05, 0) is 37.1 Å². The van der Waals surface area contributed by atoms with Crippen LogP contribution < -0.4 is 0 Å². The lowest BCUT2D eigenvalue weighted by atomic mass is 9.99. The third-order valence-electron chi connectivity index (χ3n) is 5.07. The third kappa shape index (κ3) is 3.37. The van der Waals surface area contributed by atoms with Gasteiger partial charge in [0.25, 0.3) is 5.91 Å². The molecule has 0 atom stereocenters. The second kappa shape index (κ2) is 6.84. The maximum absolute atomic E-state index is 12.8. The van der Waals surface area contributed by atoms with Crippen LogP contribution >= 0.6 is 0 Å². The van der Waals surface area contributed by atoms with E-state index in [1.54, 1.807) is 0 Å². The molecule has 4 rings (SSSR count). The first-order chi connectivity index (χ1) is 12.2. The molecule has 130 valence electrons. The number of hydrogen-bond donors (Lipinski definition) is 0. The SMILES string of the molecule is CN1CCCn2nc(C(=O)N3CC=C(c4ccccc4)CC3)cc2C1. The fraction of sp³-hybridized carbons (Fsp3) is 0.400. The van der Waals surface area contributed by atoms with Crippen LogP contribution in [0.5, 0.6) is 0 Å². The van der Waals surface area contributed by atoms with Gasteiger partial charge in [0.2, 0.25) is 0 Å². The van der Waals surface area contributed by atoms with Crippen molar-refractivity contribution in [1.29, 1.82) is 0 Å². The van der Waals surface area contributed by atoms with Crippen LogP contribution in [0.25, 0.3) is 5.57 Å². The summed E-state index contributed by atoms with van der Waals surface area (Å²) in [4.78, 5) is 17.0. The number of benzene rings is 1. The monoisotopic (exact) mass is 336 g/mol. The first-order valence-electron chi connectivity index (χ1n) is 9.00. The molecule has 1 aromatic carbocycles. The molecule has 0 N–H and O–H groups in total. The highest BCUT2D eigenvalue weighted by atomic mass is 16.2. The number of aryl methyl sites for hydroxylation is 1. The zero-order valence-electron chi connectivity index (χ0n) is 14.7. The van der Waals surface area contributed by atoms with Crippen LogP contribution in [0.15, 0.2) is 42.5 Å². The first-order valence-corrected chi connectivity index (χ1v) is 9.00. The molecule has 5 heteroatoms. The molecule has 0 spiro atoms. The van der Waals surface area contributed by atoms with Gasteiger partial charge in [-0.15, -0.1) is 0 Å². The van der Waals surface area contributed by atoms with Crippen molar-refractivity contribution in [2.75, 3.05) is 26.7 Å². The standard InChI is InChI=1S/C20H24N4O/c1-22-10-5-11-24-18(15-22)14-19(21-24)20(25)23-12-8-17(9-13-23)16-6-3-2-4-7-16/h2-4,6-8,14H,5,9-13,15H2,1H3. The Morgan fingerprint density at radius 2 is 1.96 bits per heavy atom. The molecule has 5 nitrogen and oxygen atoms in total. The molecule has 2 aliphatic heterocycles. The average Bonchev–Trinajstić information content (AvgIpc) is 2.96. The van der Waals surface area contributed by atoms with Gasteiger partial charge in [-0.25, -0.2) is 0 Å². The van der Waals surface area contributed by atoms with Crippen LogP contribution in [0.3, 0.4) is 0 Å². The molecule has 0 aliphatic carbocycles. The van der Waals surface area contributed by atoms with Gasteiger partial charge in [0.1, 0.15) is 0 Å². The first kappa shape index (κ1) is 16.1. The van der Waals surface area contributed by atoms with Gasteiger partial charge < -0.3 is 9.80 Å². The average molecular weight is 336 g/mol. The van der Waals surface area contributed by atoms with E-state index < -0.39 is 0 Å². The van der Waals surface area contributed by atoms with E-state index in [0.717, 1.165) is 44.7 Å². The molecule has 3 heterocycles. The van der Waals surface area contributed by atoms with E-state index in [4.69, 9.17) is 0 Å². The van der Waals surface area contributed by atoms with Gasteiger partial charge in [-0.2, -0.15) is 5.10 Å². The van der Waals surface area contributed by atoms with Gasteiger partial charge in [-0.1, -0.05) is 36.4 Å². The van der Waals surface area contributed by atoms with Gasteiger partial charge in [-0.3, -0.25) is 9.48 Å². The summed E-state index contributed by atoms with van der Waals surface area (Å²) in [5.74, 6) is 0.0478. The molecule has 0 unspecified atom stereocenters. The van der Waals surface area contributed by atoms with Gasteiger partial charge >= 0.3 is 0 Å². The van der Waals surface area contributed by atoms with E-state index >= 15 is 0 Å². The third-order valence-corrected chi connectivity index (χ3v) is 5.07. The largest absolute Gasteiger partial charge is 0.333 e. The Hall–Kier alpha value is -2.40. The van der Waals surface area contributed by atoms with Crippen molar-refractivity contribution in [3.8, 4) is 0 Å². The predicted molar refractivity (Wildman–Crippen MR) is 98.1 cm³/mol. The van der Waals surface area contributed by atoms with E-state index in [1.165, 1.54) is 11.1 Å². The van der Waals surface area contributed by atoms with Crippen molar-refractivity contribution in [3.05, 3.63) is 59.4 Å². The van der Waals surface area contributed by atoms with Crippen LogP contribution in [-0.2, 0) is 13.1 Å². The summed E-state index contributed by atoms with van der Waals surface area (Å²) in [6, 6.07) is 12.4. The predicted octanol–water partition coefficient (Wildman–Crippen LogP) is 2.65. The molecule has 25 heavy (non-hydrogen) atoms. The summed E-state index contributed by atoms with van der Waals surface area (Å²) in [6.45, 7) is 4.24. The summed E-state index contributed by atoms with van der Waals surface area (Å²) in [5.41, 5.74) is 4.31. The number of amides is 1. The molecule has 2 aliphatic rings. The minimum Gasteiger partial charge on any atom is -0.333 e. The number of fused-ring (bicyclic) bond motifs is 1. The minimum atomic E-state index is 0.0478. The molecule has 0 radical (unpaired) electrons. The highest BCUT2D eigenvalue weighted by molar-refractivity contribution is 5.93. The molecule has 0 saturated carbocycles. The van der Waals surface area contributed by atoms with Crippen LogP contribution in [0.1, 0.15) is 34.6 Å². The summed E-state index contributed by atoms with van der Waals surface area (Å²) >= 11 is 0. The van der Waals surface area contributed by atoms with Crippen LogP contribution in [0, 0.1) is 0 Å². The van der Waals surface area contributed by atoms with E-state index in [1.807, 2.05) is 21.7 Å². The molecule has 0 saturated heterocycles. The Balaban J connectivity index is 1.48. The second-order valence-electron chi connectivity index (χ2n) is 6.93. The van der Waals surface area contributed by atoms with E-state index in [2.05, 4.69) is 47.4 Å². The van der Waals surface area contributed by atoms with Gasteiger partial charge in [0.05, 0.1) is 5.69 Å². The van der Waals surface area contributed by atoms with E-state index in [-0.39, 0.29) is 5.91 Å². The van der Waals surface area contributed by atoms with Crippen molar-refractivity contribution >= 4 is 11.5 Å². The van der Waals surface area contributed by atoms with Crippen molar-refractivity contribution in [1.82, 2.24) is 19.6 Å². The number of aromatic nitrogens is 2. The number of rotatable bonds is 2. The number of carbonyl (C=O) groups excluding carboxylic acids is 1. The number of nitrogens with zero attached hydrogens (tertiary/aromatic N) is 4. The highest BCUT2D eigenvalue weighted by Gasteiger charge is 2.23. The maximum Gasteiger partial charge on any atom is 0.274 e. The topological polar surface area (TPSA) is 41.4 Å². The smallest absolute Gasteiger partial charge is 0.274 e. The van der Waals surface area contributed by atoms with Crippen molar-refractivity contribution in [2.24, 2.45) is 0 Å². The van der Waals surface area contributed by atoms with E-state index in [9.17, 15) is 4.79 Å². The lowest BCUT2D eigenvalue weighted by molar-refractivity contribution is 0.0766. The zero-order valence-corrected chi connectivity index (χ0v) is 14.7. The van der Waals surface area contributed by atoms with Crippen LogP contribution in [0.4, 0.5) is 0 Å². The quantitative estimate of drug-likeness (QED) is 0.847. The Labute approximate surface area is 148 Å². The number of hydrogen-bond acceptors (Lipinski definition) is 3. The normalized spacial score (nSPS) is 18.4. The lowest BCUT2D eigenvalue weighted by Gasteiger charge is -2.26. The summed E-state index contributed by atoms with van der Waals surface area (Å²) in [7, 11) is 2.12. The van der Waals surface area contributed by atoms with Crippen molar-refractivity contribution < 1.29 is 4.79 Å². The molecular formula is C20H24N4O. The second-order valence-corrected chi connectivity index (χ2v) is 6.93. The van der Waals surface area contributed by atoms with Crippen LogP contribution in [-0.4, -0.2) is 52.2 Å². The molecular weight excluding hydrogens is 312 g/mol. The zero-order chi connectivity index (χ0) is 17.2. The summed E-state index contributed by atoms with van der Waals surface area (Å²) < 4.78 is 2.01. The Bertz CT molecular complexity index is 793. The lowest BCUT2D eigenvalue weighted by Crippen LogP contribution is -2.35. The maximum atomic E-state index is 12.8. The fourth-order valence-electron chi connectivity index (χ4n) is 3.66. The molecule has 1 amide bonds. The van der Waals surface area contributed by atoms with Gasteiger partial charge in [0, 0.05) is 32.7 Å². The van der Waals surface area contributed by atoms with Crippen LogP contribution in [0.2, 0.25) is 0 Å². The molecule has 2 aromatic rings. The molecule has 0 bridgehead atoms. The summed E-state index contributed by atoms with van der Waals surface area (Å²) in [5, 5.41) is 4.58. The Morgan fingerprint density at radius 3 is 2.72 bits per heavy atom. The number of carbonyl (C=O) groups is 1. The Morgan fingerprint density at radius 1 is 1.12 bits per heavy atom. The summed E-state index contributed by atoms with van der Waals surface area (Å²) in [6.07, 6.45) is 4.14. The fourth-order valence-corrected chi connectivity index (χ4v) is 3.66. The van der Waals surface area contributed by atoms with E-state index in [0.29, 0.717) is 12.2 Å². The molecule has 0 fully saturated rings. The minimum absolute atomic E-state index is 0.0478. The van der Waals surface area contributed by atoms with Crippen molar-refractivity contribution in [3.63, 3.8) is 0 Å². The molecule has 1 aromatic heterocycles.